The van der Waals surface area contributed by atoms with E-state index < -0.39 is 0 Å². The van der Waals surface area contributed by atoms with E-state index in [1.54, 1.807) is 11.1 Å². The van der Waals surface area contributed by atoms with Crippen molar-refractivity contribution in [2.75, 3.05) is 19.6 Å². The van der Waals surface area contributed by atoms with Gasteiger partial charge in [0.2, 0.25) is 0 Å². The molecular weight excluding hydrogens is 502 g/mol. The van der Waals surface area contributed by atoms with Gasteiger partial charge in [-0.15, -0.1) is 0 Å². The molecule has 0 aromatic heterocycles. The van der Waals surface area contributed by atoms with Gasteiger partial charge in [-0.2, -0.15) is 0 Å². The van der Waals surface area contributed by atoms with Gasteiger partial charge in [0.25, 0.3) is 0 Å². The number of Topliss-reactive ketones (excluding diaryl/α,β-unsaturated/α-hetero) is 2. The van der Waals surface area contributed by atoms with Crippen LogP contribution in [0.2, 0.25) is 0 Å². The molecule has 3 atom stereocenters. The maximum atomic E-state index is 13.1. The van der Waals surface area contributed by atoms with Crippen LogP contribution in [-0.4, -0.2) is 36.1 Å². The van der Waals surface area contributed by atoms with E-state index in [2.05, 4.69) is 50.8 Å². The summed E-state index contributed by atoms with van der Waals surface area (Å²) < 4.78 is 0. The van der Waals surface area contributed by atoms with E-state index in [4.69, 9.17) is 0 Å². The van der Waals surface area contributed by atoms with Gasteiger partial charge in [0, 0.05) is 43.6 Å². The third-order valence-electron chi connectivity index (χ3n) is 10.3. The molecule has 0 heterocycles. The number of fused-ring (bicyclic) bond motifs is 3. The van der Waals surface area contributed by atoms with Crippen molar-refractivity contribution >= 4 is 11.6 Å². The highest BCUT2D eigenvalue weighted by Crippen LogP contribution is 2.57. The Balaban J connectivity index is 1.36. The van der Waals surface area contributed by atoms with Gasteiger partial charge in [-0.1, -0.05) is 113 Å². The molecule has 3 aromatic carbocycles. The minimum absolute atomic E-state index is 0.132. The molecule has 3 aromatic rings. The van der Waals surface area contributed by atoms with Crippen LogP contribution in [-0.2, 0) is 11.8 Å². The topological polar surface area (TPSA) is 37.4 Å². The molecule has 0 aliphatic heterocycles. The van der Waals surface area contributed by atoms with Gasteiger partial charge in [0.05, 0.1) is 0 Å². The Morgan fingerprint density at radius 2 is 1.41 bits per heavy atom. The predicted octanol–water partition coefficient (Wildman–Crippen LogP) is 8.67. The number of hydrogen-bond acceptors (Lipinski definition) is 3. The first-order valence-electron chi connectivity index (χ1n) is 15.7. The first kappa shape index (κ1) is 29.5. The van der Waals surface area contributed by atoms with E-state index in [0.29, 0.717) is 37.8 Å². The van der Waals surface area contributed by atoms with E-state index in [0.717, 1.165) is 24.1 Å². The molecule has 2 aliphatic carbocycles. The van der Waals surface area contributed by atoms with Crippen LogP contribution in [0.3, 0.4) is 0 Å². The van der Waals surface area contributed by atoms with Gasteiger partial charge < -0.3 is 4.90 Å². The number of aryl methyl sites for hydroxylation is 1. The van der Waals surface area contributed by atoms with Gasteiger partial charge in [0.1, 0.15) is 0 Å². The van der Waals surface area contributed by atoms with E-state index in [-0.39, 0.29) is 22.4 Å². The monoisotopic (exact) mass is 549 g/mol. The van der Waals surface area contributed by atoms with Crippen LogP contribution in [0.1, 0.15) is 110 Å². The maximum absolute atomic E-state index is 13.1. The molecule has 5 rings (SSSR count). The zero-order valence-electron chi connectivity index (χ0n) is 25.5. The summed E-state index contributed by atoms with van der Waals surface area (Å²) in [7, 11) is 0. The van der Waals surface area contributed by atoms with Crippen molar-refractivity contribution in [2.24, 2.45) is 11.3 Å². The van der Waals surface area contributed by atoms with Crippen molar-refractivity contribution in [3.05, 3.63) is 107 Å². The van der Waals surface area contributed by atoms with Crippen LogP contribution in [0.5, 0.6) is 0 Å². The van der Waals surface area contributed by atoms with Crippen molar-refractivity contribution in [3.63, 3.8) is 0 Å². The fourth-order valence-corrected chi connectivity index (χ4v) is 8.03. The van der Waals surface area contributed by atoms with E-state index in [1.165, 1.54) is 31.2 Å². The van der Waals surface area contributed by atoms with E-state index in [9.17, 15) is 9.59 Å². The minimum Gasteiger partial charge on any atom is -0.302 e. The first-order valence-corrected chi connectivity index (χ1v) is 15.7. The minimum atomic E-state index is 0.132. The molecule has 41 heavy (non-hydrogen) atoms. The smallest absolute Gasteiger partial charge is 0.164 e. The molecule has 1 saturated carbocycles. The summed E-state index contributed by atoms with van der Waals surface area (Å²) in [6.07, 6.45) is 6.95. The Morgan fingerprint density at radius 3 is 1.98 bits per heavy atom. The zero-order valence-corrected chi connectivity index (χ0v) is 25.5. The van der Waals surface area contributed by atoms with Crippen molar-refractivity contribution in [2.45, 2.75) is 84.0 Å². The number of carbonyl (C=O) groups excluding carboxylic acids is 2. The number of ketones is 2. The Labute approximate surface area is 247 Å². The largest absolute Gasteiger partial charge is 0.302 e. The third-order valence-corrected chi connectivity index (χ3v) is 10.3. The average molecular weight is 550 g/mol. The number of nitrogens with zero attached hydrogens (tertiary/aromatic N) is 1. The highest BCUT2D eigenvalue weighted by Gasteiger charge is 2.52. The fourth-order valence-electron chi connectivity index (χ4n) is 8.03. The first-order chi connectivity index (χ1) is 19.7. The Hall–Kier alpha value is -3.04. The standard InChI is InChI=1S/C38H47NO2/c1-28(2)31-16-18-33-32(26-31)17-19-36-37(3,22-11-23-38(33,36)4)27-39(24-20-34(40)29-12-7-5-8-13-29)25-21-35(41)30-14-9-6-10-15-30/h5-10,12-16,18,26,28,36H,11,17,19-25,27H2,1-4H3/t36-,37-,38+/m0/s1. The van der Waals surface area contributed by atoms with Crippen LogP contribution in [0.15, 0.2) is 78.9 Å². The molecular formula is C38H47NO2. The molecule has 0 amide bonds. The summed E-state index contributed by atoms with van der Waals surface area (Å²) in [5, 5.41) is 0. The molecule has 0 bridgehead atoms. The zero-order chi connectivity index (χ0) is 29.0. The summed E-state index contributed by atoms with van der Waals surface area (Å²) in [6.45, 7) is 11.9. The maximum Gasteiger partial charge on any atom is 0.164 e. The van der Waals surface area contributed by atoms with Crippen molar-refractivity contribution in [1.82, 2.24) is 4.90 Å². The summed E-state index contributed by atoms with van der Waals surface area (Å²) in [5.74, 6) is 1.49. The van der Waals surface area contributed by atoms with Crippen LogP contribution >= 0.6 is 0 Å². The summed E-state index contributed by atoms with van der Waals surface area (Å²) in [5.41, 5.74) is 6.41. The molecule has 216 valence electrons. The Morgan fingerprint density at radius 1 is 0.829 bits per heavy atom. The highest BCUT2D eigenvalue weighted by molar-refractivity contribution is 5.96. The molecule has 0 radical (unpaired) electrons. The van der Waals surface area contributed by atoms with Crippen LogP contribution in [0, 0.1) is 11.3 Å². The predicted molar refractivity (Wildman–Crippen MR) is 169 cm³/mol. The average Bonchev–Trinajstić information content (AvgIpc) is 2.98. The molecule has 2 aliphatic rings. The number of rotatable bonds is 11. The lowest BCUT2D eigenvalue weighted by molar-refractivity contribution is -0.00343. The fraction of sp³-hybridized carbons (Fsp3) is 0.474. The Kier molecular flexibility index (Phi) is 8.94. The van der Waals surface area contributed by atoms with E-state index >= 15 is 0 Å². The third kappa shape index (κ3) is 6.41. The summed E-state index contributed by atoms with van der Waals surface area (Å²) >= 11 is 0. The quantitative estimate of drug-likeness (QED) is 0.225. The van der Waals surface area contributed by atoms with Gasteiger partial charge in [-0.25, -0.2) is 0 Å². The van der Waals surface area contributed by atoms with Gasteiger partial charge in [-0.3, -0.25) is 9.59 Å². The second kappa shape index (κ2) is 12.4. The second-order valence-electron chi connectivity index (χ2n) is 13.4. The van der Waals surface area contributed by atoms with Gasteiger partial charge in [0.15, 0.2) is 11.6 Å². The lowest BCUT2D eigenvalue weighted by atomic mass is 9.49. The van der Waals surface area contributed by atoms with E-state index in [1.807, 2.05) is 60.7 Å². The number of hydrogen-bond donors (Lipinski definition) is 0. The van der Waals surface area contributed by atoms with Crippen LogP contribution < -0.4 is 0 Å². The van der Waals surface area contributed by atoms with Crippen LogP contribution in [0.4, 0.5) is 0 Å². The Bertz CT molecular complexity index is 1290. The van der Waals surface area contributed by atoms with Crippen LogP contribution in [0.25, 0.3) is 0 Å². The van der Waals surface area contributed by atoms with Gasteiger partial charge >= 0.3 is 0 Å². The van der Waals surface area contributed by atoms with Gasteiger partial charge in [-0.05, 0) is 65.0 Å². The second-order valence-corrected chi connectivity index (χ2v) is 13.4. The van der Waals surface area contributed by atoms with Crippen molar-refractivity contribution in [3.8, 4) is 0 Å². The lowest BCUT2D eigenvalue weighted by Crippen LogP contribution is -2.53. The molecule has 0 N–H and O–H groups in total. The van der Waals surface area contributed by atoms with Crippen molar-refractivity contribution in [1.29, 1.82) is 0 Å². The molecule has 0 unspecified atom stereocenters. The highest BCUT2D eigenvalue weighted by atomic mass is 16.1. The van der Waals surface area contributed by atoms with Crippen molar-refractivity contribution < 1.29 is 9.59 Å². The lowest BCUT2D eigenvalue weighted by Gasteiger charge is -2.56. The molecule has 0 saturated heterocycles. The summed E-state index contributed by atoms with van der Waals surface area (Å²) in [6, 6.07) is 26.5. The molecule has 3 heteroatoms. The molecule has 1 fully saturated rings. The molecule has 3 nitrogen and oxygen atoms in total. The number of benzene rings is 3. The SMILES string of the molecule is CC(C)c1ccc2c(c1)CC[C@H]1[C@](C)(CN(CCC(=O)c3ccccc3)CCC(=O)c3ccccc3)CCC[C@]21C. The normalized spacial score (nSPS) is 23.7. The summed E-state index contributed by atoms with van der Waals surface area (Å²) in [4.78, 5) is 28.6. The molecule has 0 spiro atoms. The number of carbonyl (C=O) groups is 2.